The van der Waals surface area contributed by atoms with E-state index < -0.39 is 13.9 Å². The molecule has 0 saturated heterocycles. The topological polar surface area (TPSA) is 154 Å². The van der Waals surface area contributed by atoms with Crippen LogP contribution in [0, 0.1) is 75.1 Å². The molecule has 0 radical (unpaired) electrons. The molecule has 442 valence electrons. The Bertz CT molecular complexity index is 4500. The van der Waals surface area contributed by atoms with Crippen LogP contribution < -0.4 is 0 Å². The van der Waals surface area contributed by atoms with E-state index in [2.05, 4.69) is 68.8 Å². The van der Waals surface area contributed by atoms with E-state index >= 15 is 0 Å². The maximum absolute atomic E-state index is 14.2. The Hall–Kier alpha value is -10.8. The number of thiophene rings is 1. The van der Waals surface area contributed by atoms with Crippen molar-refractivity contribution in [1.82, 2.24) is 0 Å². The molecule has 5 heterocycles. The Morgan fingerprint density at radius 2 is 0.787 bits per heavy atom. The third kappa shape index (κ3) is 15.6. The first kappa shape index (κ1) is 64.2. The first-order chi connectivity index (χ1) is 42.3. The Labute approximate surface area is 525 Å². The van der Waals surface area contributed by atoms with Gasteiger partial charge in [-0.15, -0.1) is 36.2 Å². The summed E-state index contributed by atoms with van der Waals surface area (Å²) in [5.41, 5.74) is 19.0. The summed E-state index contributed by atoms with van der Waals surface area (Å²) < 4.78 is 18.0. The van der Waals surface area contributed by atoms with Crippen molar-refractivity contribution in [2.24, 2.45) is 20.0 Å². The molecule has 4 aliphatic rings. The Morgan fingerprint density at radius 1 is 0.427 bits per heavy atom. The summed E-state index contributed by atoms with van der Waals surface area (Å²) in [5, 5.41) is 50.3. The van der Waals surface area contributed by atoms with Crippen molar-refractivity contribution < 1.29 is 23.3 Å². The Balaban J connectivity index is 0.000000153. The molecule has 0 spiro atoms. The molecule has 0 unspecified atom stereocenters. The number of fused-ring (bicyclic) bond motifs is 4. The van der Waals surface area contributed by atoms with E-state index in [-0.39, 0.29) is 44.9 Å². The lowest BCUT2D eigenvalue weighted by Crippen LogP contribution is -2.22. The van der Waals surface area contributed by atoms with Crippen LogP contribution in [0.4, 0.5) is 27.1 Å². The molecule has 1 aromatic heterocycles. The zero-order valence-corrected chi connectivity index (χ0v) is 51.6. The molecular formula is C74H65FN8O4SSi. The fraction of sp³-hybridized carbons (Fsp3) is 0.162. The van der Waals surface area contributed by atoms with Crippen LogP contribution in [0.15, 0.2) is 196 Å². The summed E-state index contributed by atoms with van der Waals surface area (Å²) in [6, 6.07) is 53.8. The average Bonchev–Trinajstić information content (AvgIpc) is 2.99. The van der Waals surface area contributed by atoms with Gasteiger partial charge in [-0.2, -0.15) is 19.0 Å². The molecule has 0 saturated carbocycles. The van der Waals surface area contributed by atoms with Gasteiger partial charge in [0.2, 0.25) is 22.8 Å². The number of nitrogens with zero attached hydrogens (tertiary/aromatic N) is 8. The zero-order valence-electron chi connectivity index (χ0n) is 49.8. The fourth-order valence-electron chi connectivity index (χ4n) is 9.91. The Morgan fingerprint density at radius 3 is 1.20 bits per heavy atom. The van der Waals surface area contributed by atoms with Gasteiger partial charge < -0.3 is 20.8 Å². The molecule has 15 heteroatoms. The minimum atomic E-state index is -1.46. The van der Waals surface area contributed by atoms with Gasteiger partial charge in [-0.25, -0.2) is 9.38 Å². The number of halogens is 1. The number of hydrogen-bond donors (Lipinski definition) is 0. The summed E-state index contributed by atoms with van der Waals surface area (Å²) in [5.74, 6) is 10.6. The first-order valence-electron chi connectivity index (χ1n) is 28.2. The van der Waals surface area contributed by atoms with Crippen LogP contribution in [0.25, 0.3) is 0 Å². The van der Waals surface area contributed by atoms with Crippen LogP contribution in [0.1, 0.15) is 101 Å². The van der Waals surface area contributed by atoms with E-state index in [1.54, 1.807) is 43.3 Å². The quantitative estimate of drug-likeness (QED) is 0.0745. The minimum absolute atomic E-state index is 0. The lowest BCUT2D eigenvalue weighted by Gasteiger charge is -2.11. The van der Waals surface area contributed by atoms with E-state index in [1.165, 1.54) is 17.4 Å². The molecule has 4 aliphatic heterocycles. The molecule has 12 nitrogen and oxygen atoms in total. The molecule has 7 aromatic carbocycles. The van der Waals surface area contributed by atoms with Crippen molar-refractivity contribution in [3.8, 4) is 48.5 Å². The van der Waals surface area contributed by atoms with Crippen molar-refractivity contribution in [3.63, 3.8) is 0 Å². The molecule has 0 bridgehead atoms. The number of terminal acetylenes is 3. The number of hydrogen-bond acceptors (Lipinski definition) is 9. The first-order valence-corrected chi connectivity index (χ1v) is 32.5. The second kappa shape index (κ2) is 28.6. The van der Waals surface area contributed by atoms with Gasteiger partial charge in [0.1, 0.15) is 18.8 Å². The number of rotatable bonds is 4. The highest BCUT2D eigenvalue weighted by atomic mass is 32.1. The van der Waals surface area contributed by atoms with E-state index in [9.17, 15) is 25.2 Å². The fourth-order valence-corrected chi connectivity index (χ4v) is 11.4. The molecule has 0 atom stereocenters. The van der Waals surface area contributed by atoms with Gasteiger partial charge in [0.25, 0.3) is 0 Å². The van der Waals surface area contributed by atoms with Gasteiger partial charge in [0.05, 0.1) is 72.7 Å². The summed E-state index contributed by atoms with van der Waals surface area (Å²) in [6.07, 6.45) is 16.4. The van der Waals surface area contributed by atoms with E-state index in [0.717, 1.165) is 102 Å². The summed E-state index contributed by atoms with van der Waals surface area (Å²) >= 11 is 1.44. The lowest BCUT2D eigenvalue weighted by molar-refractivity contribution is -0.439. The maximum Gasteiger partial charge on any atom is 0.238 e. The maximum atomic E-state index is 14.2. The normalized spacial score (nSPS) is 13.9. The van der Waals surface area contributed by atoms with Gasteiger partial charge in [-0.3, -0.25) is 15.0 Å². The number of aliphatic imine (C=N–C) groups is 4. The van der Waals surface area contributed by atoms with Crippen LogP contribution in [0.3, 0.4) is 0 Å². The number of benzene rings is 7. The largest absolute Gasteiger partial charge is 0.623 e. The van der Waals surface area contributed by atoms with E-state index in [4.69, 9.17) is 19.3 Å². The molecule has 0 amide bonds. The Kier molecular flexibility index (Phi) is 20.6. The summed E-state index contributed by atoms with van der Waals surface area (Å²) in [6.45, 7) is 14.9. The minimum Gasteiger partial charge on any atom is -0.623 e. The van der Waals surface area contributed by atoms with E-state index in [1.807, 2.05) is 154 Å². The van der Waals surface area contributed by atoms with Crippen LogP contribution in [0.5, 0.6) is 0 Å². The molecular weight excluding hydrogens is 1140 g/mol. The van der Waals surface area contributed by atoms with Crippen LogP contribution in [-0.2, 0) is 0 Å². The molecule has 0 fully saturated rings. The van der Waals surface area contributed by atoms with Gasteiger partial charge in [-0.05, 0) is 137 Å². The lowest BCUT2D eigenvalue weighted by atomic mass is 9.98. The van der Waals surface area contributed by atoms with Gasteiger partial charge >= 0.3 is 0 Å². The van der Waals surface area contributed by atoms with Crippen LogP contribution in [0.2, 0.25) is 19.6 Å². The van der Waals surface area contributed by atoms with Gasteiger partial charge in [0, 0.05) is 33.4 Å². The smallest absolute Gasteiger partial charge is 0.238 e. The van der Waals surface area contributed by atoms with Crippen molar-refractivity contribution in [2.75, 3.05) is 26.2 Å². The molecule has 89 heavy (non-hydrogen) atoms. The summed E-state index contributed by atoms with van der Waals surface area (Å²) in [7, 11) is -1.46. The van der Waals surface area contributed by atoms with Gasteiger partial charge in [-0.1, -0.05) is 117 Å². The predicted octanol–water partition coefficient (Wildman–Crippen LogP) is 14.6. The monoisotopic (exact) mass is 1210 g/mol. The van der Waals surface area contributed by atoms with Crippen molar-refractivity contribution in [1.29, 1.82) is 0 Å². The third-order valence-corrected chi connectivity index (χ3v) is 15.7. The van der Waals surface area contributed by atoms with Crippen molar-refractivity contribution >= 4 is 87.9 Å². The summed E-state index contributed by atoms with van der Waals surface area (Å²) in [4.78, 5) is 19.7. The standard InChI is InChI=1S/C21H22N2OSi.C18H13FN2O.C18H14N2O.C16H12N2OS.CH4/c1-16-15-23(24)21(18-8-6-5-7-9-18)19-14-17(10-11-20(19)22-16)12-13-25(2,3)4;1-3-13-8-9-17-15(10-13)18(21(22)11-12(2)20-17)14-6-4-5-7-16(14)19;1-3-14-9-10-17-16(11-14)18(15-7-5-4-6-8-15)20(21)12-13(2)19-17;1-3-13-9-14-16(20-13)15(12-7-5-4-6-8-12)18(19)10-11(2)17-14;/h5-11,14H,15H2,1-4H3;1,4-10H,11H2,2H3;1,4-11H,12H2,2H3;1,4-9H,10H2,2H3;1H4. The highest BCUT2D eigenvalue weighted by molar-refractivity contribution is 7.15. The molecule has 12 rings (SSSR count). The zero-order chi connectivity index (χ0) is 62.6. The molecule has 0 aliphatic carbocycles. The molecule has 0 N–H and O–H groups in total. The van der Waals surface area contributed by atoms with Crippen molar-refractivity contribution in [3.05, 3.63) is 268 Å². The predicted molar refractivity (Wildman–Crippen MR) is 368 cm³/mol. The molecule has 8 aromatic rings. The van der Waals surface area contributed by atoms with Crippen LogP contribution in [-0.4, -0.2) is 98.9 Å². The third-order valence-electron chi connectivity index (χ3n) is 13.7. The highest BCUT2D eigenvalue weighted by Gasteiger charge is 2.29. The van der Waals surface area contributed by atoms with E-state index in [0.29, 0.717) is 39.7 Å². The second-order valence-electron chi connectivity index (χ2n) is 22.0. The van der Waals surface area contributed by atoms with Crippen molar-refractivity contribution in [2.45, 2.75) is 54.8 Å². The highest BCUT2D eigenvalue weighted by Crippen LogP contribution is 2.34. The number of hydroxylamine groups is 4. The SMILES string of the molecule is C.C#Cc1cc2c(s1)C(c1ccccc1)=[N+]([O-])CC(C)=N2.C#Cc1ccc2c(c1)C(c1ccccc1)=[N+]([O-])CC(C)=N2.C#Cc1ccc2c(c1)C(c1ccccc1F)=[N+]([O-])CC(C)=N2.CC1=Nc2ccc(C#C[Si](C)(C)C)cc2C(c2ccccc2)=[N+]([O-])C1. The average molecular weight is 1210 g/mol. The van der Waals surface area contributed by atoms with Crippen LogP contribution >= 0.6 is 11.3 Å². The van der Waals surface area contributed by atoms with Gasteiger partial charge in [0.15, 0.2) is 26.2 Å². The second-order valence-corrected chi connectivity index (χ2v) is 27.8.